The van der Waals surface area contributed by atoms with Crippen molar-refractivity contribution in [3.63, 3.8) is 0 Å². The Balaban J connectivity index is 2.09. The van der Waals surface area contributed by atoms with Crippen LogP contribution < -0.4 is 5.32 Å². The van der Waals surface area contributed by atoms with Gasteiger partial charge in [-0.1, -0.05) is 6.08 Å². The lowest BCUT2D eigenvalue weighted by Gasteiger charge is -2.18. The van der Waals surface area contributed by atoms with E-state index >= 15 is 0 Å². The van der Waals surface area contributed by atoms with Crippen molar-refractivity contribution >= 4 is 9.84 Å². The van der Waals surface area contributed by atoms with Crippen molar-refractivity contribution in [1.82, 2.24) is 5.32 Å². The van der Waals surface area contributed by atoms with Gasteiger partial charge in [-0.15, -0.1) is 0 Å². The molecule has 0 radical (unpaired) electrons. The molecule has 0 spiro atoms. The van der Waals surface area contributed by atoms with Gasteiger partial charge in [-0.25, -0.2) is 17.2 Å². The molecular formula is C12H13F2NO2S. The van der Waals surface area contributed by atoms with E-state index in [0.29, 0.717) is 5.56 Å². The van der Waals surface area contributed by atoms with Crippen LogP contribution in [-0.4, -0.2) is 20.2 Å². The summed E-state index contributed by atoms with van der Waals surface area (Å²) in [5.74, 6) is -1.31. The van der Waals surface area contributed by atoms with E-state index in [9.17, 15) is 17.2 Å². The summed E-state index contributed by atoms with van der Waals surface area (Å²) in [5, 5.41) is 4.16. The summed E-state index contributed by atoms with van der Waals surface area (Å²) in [5.41, 5.74) is 0.449. The van der Waals surface area contributed by atoms with Crippen LogP contribution in [0.4, 0.5) is 8.78 Å². The Hall–Kier alpha value is -1.27. The zero-order chi connectivity index (χ0) is 13.3. The average Bonchev–Trinajstić information content (AvgIpc) is 2.56. The number of rotatable bonds is 3. The van der Waals surface area contributed by atoms with Gasteiger partial charge in [-0.2, -0.15) is 0 Å². The maximum Gasteiger partial charge on any atom is 0.173 e. The lowest BCUT2D eigenvalue weighted by Crippen LogP contribution is -2.32. The van der Waals surface area contributed by atoms with E-state index in [1.165, 1.54) is 12.1 Å². The van der Waals surface area contributed by atoms with Gasteiger partial charge in [0.25, 0.3) is 0 Å². The minimum Gasteiger partial charge on any atom is -0.303 e. The molecule has 0 aromatic heterocycles. The zero-order valence-corrected chi connectivity index (χ0v) is 10.5. The first kappa shape index (κ1) is 13.2. The molecule has 98 valence electrons. The van der Waals surface area contributed by atoms with Gasteiger partial charge in [0.1, 0.15) is 11.6 Å². The van der Waals surface area contributed by atoms with Crippen molar-refractivity contribution in [2.45, 2.75) is 19.0 Å². The Morgan fingerprint density at radius 2 is 1.89 bits per heavy atom. The molecule has 0 fully saturated rings. The Morgan fingerprint density at radius 3 is 2.39 bits per heavy atom. The minimum absolute atomic E-state index is 0.0187. The van der Waals surface area contributed by atoms with E-state index < -0.39 is 21.5 Å². The first-order chi connectivity index (χ1) is 8.35. The van der Waals surface area contributed by atoms with Gasteiger partial charge in [0.2, 0.25) is 0 Å². The smallest absolute Gasteiger partial charge is 0.173 e. The highest BCUT2D eigenvalue weighted by Gasteiger charge is 2.23. The molecule has 6 heteroatoms. The fraction of sp³-hybridized carbons (Fsp3) is 0.333. The number of halogens is 2. The van der Waals surface area contributed by atoms with Crippen LogP contribution in [0.5, 0.6) is 0 Å². The molecular weight excluding hydrogens is 260 g/mol. The van der Waals surface area contributed by atoms with E-state index in [1.807, 2.05) is 0 Å². The molecule has 1 heterocycles. The standard InChI is InChI=1S/C12H13F2NO2S/c1-8(9-4-10(13)6-11(14)5-9)15-12-2-3-18(16,17)7-12/h2-6,8,12,15H,7H2,1H3. The molecule has 0 saturated heterocycles. The summed E-state index contributed by atoms with van der Waals surface area (Å²) in [6, 6.07) is 2.60. The van der Waals surface area contributed by atoms with Crippen molar-refractivity contribution in [3.8, 4) is 0 Å². The predicted octanol–water partition coefficient (Wildman–Crippen LogP) is 1.93. The van der Waals surface area contributed by atoms with Gasteiger partial charge in [0.05, 0.1) is 5.75 Å². The second-order valence-electron chi connectivity index (χ2n) is 4.36. The summed E-state index contributed by atoms with van der Waals surface area (Å²) in [6.45, 7) is 1.73. The fourth-order valence-electron chi connectivity index (χ4n) is 1.92. The van der Waals surface area contributed by atoms with Gasteiger partial charge in [-0.05, 0) is 24.6 Å². The number of benzene rings is 1. The van der Waals surface area contributed by atoms with Crippen LogP contribution >= 0.6 is 0 Å². The van der Waals surface area contributed by atoms with E-state index in [2.05, 4.69) is 5.32 Å². The maximum atomic E-state index is 13.0. The van der Waals surface area contributed by atoms with Gasteiger partial charge < -0.3 is 5.32 Å². The van der Waals surface area contributed by atoms with Gasteiger partial charge >= 0.3 is 0 Å². The minimum atomic E-state index is -3.13. The second kappa shape index (κ2) is 4.78. The Labute approximate surface area is 104 Å². The summed E-state index contributed by atoms with van der Waals surface area (Å²) in [4.78, 5) is 0. The number of hydrogen-bond acceptors (Lipinski definition) is 3. The monoisotopic (exact) mass is 273 g/mol. The van der Waals surface area contributed by atoms with Crippen LogP contribution in [-0.2, 0) is 9.84 Å². The first-order valence-electron chi connectivity index (χ1n) is 5.49. The third-order valence-corrected chi connectivity index (χ3v) is 4.17. The van der Waals surface area contributed by atoms with E-state index in [1.54, 1.807) is 13.0 Å². The third-order valence-electron chi connectivity index (χ3n) is 2.78. The van der Waals surface area contributed by atoms with Crippen LogP contribution in [0.3, 0.4) is 0 Å². The third kappa shape index (κ3) is 3.14. The largest absolute Gasteiger partial charge is 0.303 e. The Kier molecular flexibility index (Phi) is 3.49. The summed E-state index contributed by atoms with van der Waals surface area (Å²) in [6.07, 6.45) is 1.54. The van der Waals surface area contributed by atoms with Gasteiger partial charge in [-0.3, -0.25) is 0 Å². The normalized spacial score (nSPS) is 23.2. The SMILES string of the molecule is CC(NC1C=CS(=O)(=O)C1)c1cc(F)cc(F)c1. The molecule has 3 nitrogen and oxygen atoms in total. The molecule has 1 N–H and O–H groups in total. The van der Waals surface area contributed by atoms with Crippen molar-refractivity contribution < 1.29 is 17.2 Å². The quantitative estimate of drug-likeness (QED) is 0.915. The van der Waals surface area contributed by atoms with Crippen LogP contribution in [0, 0.1) is 11.6 Å². The molecule has 0 bridgehead atoms. The molecule has 1 aliphatic heterocycles. The molecule has 1 aromatic rings. The van der Waals surface area contributed by atoms with Crippen molar-refractivity contribution in [2.24, 2.45) is 0 Å². The van der Waals surface area contributed by atoms with Crippen molar-refractivity contribution in [3.05, 3.63) is 46.9 Å². The van der Waals surface area contributed by atoms with Gasteiger partial charge in [0, 0.05) is 23.6 Å². The maximum absolute atomic E-state index is 13.0. The molecule has 2 atom stereocenters. The highest BCUT2D eigenvalue weighted by Crippen LogP contribution is 2.18. The van der Waals surface area contributed by atoms with E-state index in [-0.39, 0.29) is 17.8 Å². The molecule has 1 aromatic carbocycles. The second-order valence-corrected chi connectivity index (χ2v) is 6.29. The molecule has 1 aliphatic rings. The molecule has 2 rings (SSSR count). The molecule has 0 saturated carbocycles. The number of sulfone groups is 1. The van der Waals surface area contributed by atoms with Gasteiger partial charge in [0.15, 0.2) is 9.84 Å². The summed E-state index contributed by atoms with van der Waals surface area (Å²) < 4.78 is 48.5. The predicted molar refractivity (Wildman–Crippen MR) is 64.6 cm³/mol. The molecule has 18 heavy (non-hydrogen) atoms. The zero-order valence-electron chi connectivity index (χ0n) is 9.73. The van der Waals surface area contributed by atoms with Crippen LogP contribution in [0.15, 0.2) is 29.7 Å². The summed E-state index contributed by atoms with van der Waals surface area (Å²) >= 11 is 0. The number of nitrogens with one attached hydrogen (secondary N) is 1. The summed E-state index contributed by atoms with van der Waals surface area (Å²) in [7, 11) is -3.13. The van der Waals surface area contributed by atoms with Crippen LogP contribution in [0.25, 0.3) is 0 Å². The fourth-order valence-corrected chi connectivity index (χ4v) is 3.17. The van der Waals surface area contributed by atoms with E-state index in [0.717, 1.165) is 11.5 Å². The highest BCUT2D eigenvalue weighted by molar-refractivity contribution is 7.94. The molecule has 0 amide bonds. The molecule has 2 unspecified atom stereocenters. The molecule has 0 aliphatic carbocycles. The Morgan fingerprint density at radius 1 is 1.28 bits per heavy atom. The lowest BCUT2D eigenvalue weighted by atomic mass is 10.1. The van der Waals surface area contributed by atoms with E-state index in [4.69, 9.17) is 0 Å². The number of hydrogen-bond donors (Lipinski definition) is 1. The van der Waals surface area contributed by atoms with Crippen LogP contribution in [0.2, 0.25) is 0 Å². The lowest BCUT2D eigenvalue weighted by molar-refractivity contribution is 0.521. The van der Waals surface area contributed by atoms with Crippen molar-refractivity contribution in [1.29, 1.82) is 0 Å². The highest BCUT2D eigenvalue weighted by atomic mass is 32.2. The van der Waals surface area contributed by atoms with Crippen molar-refractivity contribution in [2.75, 3.05) is 5.75 Å². The topological polar surface area (TPSA) is 46.2 Å². The first-order valence-corrected chi connectivity index (χ1v) is 7.20. The average molecular weight is 273 g/mol. The van der Waals surface area contributed by atoms with Crippen LogP contribution in [0.1, 0.15) is 18.5 Å². The Bertz CT molecular complexity index is 563.